The van der Waals surface area contributed by atoms with Gasteiger partial charge in [-0.1, -0.05) is 13.0 Å². The van der Waals surface area contributed by atoms with E-state index in [1.165, 1.54) is 0 Å². The number of carbonyl (C=O) groups is 1. The summed E-state index contributed by atoms with van der Waals surface area (Å²) >= 11 is 5.11. The summed E-state index contributed by atoms with van der Waals surface area (Å²) < 4.78 is 1.04. The van der Waals surface area contributed by atoms with Gasteiger partial charge in [-0.25, -0.2) is 0 Å². The van der Waals surface area contributed by atoms with Crippen molar-refractivity contribution in [3.05, 3.63) is 50.1 Å². The van der Waals surface area contributed by atoms with Gasteiger partial charge in [0.2, 0.25) is 0 Å². The Bertz CT molecular complexity index is 624. The van der Waals surface area contributed by atoms with Gasteiger partial charge in [0.05, 0.1) is 12.1 Å². The van der Waals surface area contributed by atoms with Crippen molar-refractivity contribution in [1.82, 2.24) is 5.32 Å². The summed E-state index contributed by atoms with van der Waals surface area (Å²) in [4.78, 5) is 13.5. The maximum atomic E-state index is 12.4. The predicted octanol–water partition coefficient (Wildman–Crippen LogP) is 4.57. The molecule has 0 saturated heterocycles. The Morgan fingerprint density at radius 2 is 2.14 bits per heavy atom. The van der Waals surface area contributed by atoms with Gasteiger partial charge in [0.1, 0.15) is 0 Å². The van der Waals surface area contributed by atoms with Gasteiger partial charge in [0.15, 0.2) is 0 Å². The molecule has 1 heterocycles. The topological polar surface area (TPSA) is 41.1 Å². The second kappa shape index (κ2) is 7.61. The molecule has 0 aliphatic carbocycles. The Balaban J connectivity index is 2.09. The lowest BCUT2D eigenvalue weighted by Gasteiger charge is -2.12. The third-order valence-electron chi connectivity index (χ3n) is 3.09. The first-order valence-corrected chi connectivity index (χ1v) is 8.63. The number of hydrogen-bond acceptors (Lipinski definition) is 3. The summed E-state index contributed by atoms with van der Waals surface area (Å²) in [6.45, 7) is 5.54. The van der Waals surface area contributed by atoms with Gasteiger partial charge in [-0.2, -0.15) is 0 Å². The molecule has 0 unspecified atom stereocenters. The number of hydrogen-bond donors (Lipinski definition) is 2. The van der Waals surface area contributed by atoms with Gasteiger partial charge < -0.3 is 10.6 Å². The van der Waals surface area contributed by atoms with E-state index in [1.807, 2.05) is 36.6 Å². The van der Waals surface area contributed by atoms with E-state index >= 15 is 0 Å². The minimum atomic E-state index is -0.0473. The molecule has 0 aliphatic heterocycles. The molecule has 1 amide bonds. The SMILES string of the molecule is CCCNc1cc(C)ccc1C(=O)NCc1sccc1Br. The van der Waals surface area contributed by atoms with Crippen LogP contribution < -0.4 is 10.6 Å². The fraction of sp³-hybridized carbons (Fsp3) is 0.312. The molecule has 2 rings (SSSR count). The Labute approximate surface area is 137 Å². The molecule has 1 aromatic carbocycles. The average Bonchev–Trinajstić information content (AvgIpc) is 2.88. The van der Waals surface area contributed by atoms with Crippen LogP contribution in [0.4, 0.5) is 5.69 Å². The molecule has 0 radical (unpaired) electrons. The summed E-state index contributed by atoms with van der Waals surface area (Å²) in [5.74, 6) is -0.0473. The summed E-state index contributed by atoms with van der Waals surface area (Å²) in [6.07, 6.45) is 1.02. The number of rotatable bonds is 6. The zero-order valence-corrected chi connectivity index (χ0v) is 14.6. The molecule has 0 fully saturated rings. The molecule has 21 heavy (non-hydrogen) atoms. The number of halogens is 1. The van der Waals surface area contributed by atoms with Crippen LogP contribution in [-0.2, 0) is 6.54 Å². The van der Waals surface area contributed by atoms with Gasteiger partial charge >= 0.3 is 0 Å². The van der Waals surface area contributed by atoms with Crippen molar-refractivity contribution in [2.45, 2.75) is 26.8 Å². The molecule has 0 aliphatic rings. The van der Waals surface area contributed by atoms with Crippen LogP contribution in [0.1, 0.15) is 34.1 Å². The number of amides is 1. The highest BCUT2D eigenvalue weighted by Gasteiger charge is 2.12. The number of nitrogens with one attached hydrogen (secondary N) is 2. The first kappa shape index (κ1) is 16.0. The molecule has 1 aromatic heterocycles. The van der Waals surface area contributed by atoms with Crippen LogP contribution in [0.2, 0.25) is 0 Å². The van der Waals surface area contributed by atoms with E-state index in [0.29, 0.717) is 12.1 Å². The van der Waals surface area contributed by atoms with Crippen LogP contribution in [0.3, 0.4) is 0 Å². The van der Waals surface area contributed by atoms with Gasteiger partial charge in [0, 0.05) is 21.6 Å². The van der Waals surface area contributed by atoms with Crippen molar-refractivity contribution in [3.63, 3.8) is 0 Å². The summed E-state index contributed by atoms with van der Waals surface area (Å²) in [6, 6.07) is 7.86. The highest BCUT2D eigenvalue weighted by atomic mass is 79.9. The van der Waals surface area contributed by atoms with Crippen molar-refractivity contribution in [1.29, 1.82) is 0 Å². The molecule has 2 N–H and O–H groups in total. The molecule has 5 heteroatoms. The van der Waals surface area contributed by atoms with E-state index in [2.05, 4.69) is 33.5 Å². The van der Waals surface area contributed by atoms with Crippen molar-refractivity contribution in [3.8, 4) is 0 Å². The molecular formula is C16H19BrN2OS. The van der Waals surface area contributed by atoms with Crippen LogP contribution in [0.15, 0.2) is 34.1 Å². The molecule has 112 valence electrons. The molecule has 3 nitrogen and oxygen atoms in total. The minimum absolute atomic E-state index is 0.0473. The monoisotopic (exact) mass is 366 g/mol. The Kier molecular flexibility index (Phi) is 5.82. The lowest BCUT2D eigenvalue weighted by Crippen LogP contribution is -2.23. The van der Waals surface area contributed by atoms with E-state index in [9.17, 15) is 4.79 Å². The Hall–Kier alpha value is -1.33. The van der Waals surface area contributed by atoms with Gasteiger partial charge in [-0.15, -0.1) is 11.3 Å². The van der Waals surface area contributed by atoms with Crippen LogP contribution in [-0.4, -0.2) is 12.5 Å². The Morgan fingerprint density at radius 1 is 1.33 bits per heavy atom. The smallest absolute Gasteiger partial charge is 0.253 e. The first-order chi connectivity index (χ1) is 10.1. The van der Waals surface area contributed by atoms with E-state index in [1.54, 1.807) is 11.3 Å². The lowest BCUT2D eigenvalue weighted by molar-refractivity contribution is 0.0952. The number of aryl methyl sites for hydroxylation is 1. The maximum absolute atomic E-state index is 12.4. The van der Waals surface area contributed by atoms with Crippen LogP contribution in [0.5, 0.6) is 0 Å². The fourth-order valence-corrected chi connectivity index (χ4v) is 3.40. The van der Waals surface area contributed by atoms with Gasteiger partial charge in [-0.05, 0) is 58.4 Å². The standard InChI is InChI=1S/C16H19BrN2OS/c1-3-7-18-14-9-11(2)4-5-12(14)16(20)19-10-15-13(17)6-8-21-15/h4-6,8-9,18H,3,7,10H2,1-2H3,(H,19,20). The molecule has 0 spiro atoms. The zero-order valence-electron chi connectivity index (χ0n) is 12.2. The predicted molar refractivity (Wildman–Crippen MR) is 93.1 cm³/mol. The van der Waals surface area contributed by atoms with E-state index in [-0.39, 0.29) is 5.91 Å². The quantitative estimate of drug-likeness (QED) is 0.785. The van der Waals surface area contributed by atoms with E-state index in [4.69, 9.17) is 0 Å². The van der Waals surface area contributed by atoms with Crippen LogP contribution in [0, 0.1) is 6.92 Å². The minimum Gasteiger partial charge on any atom is -0.384 e. The average molecular weight is 367 g/mol. The van der Waals surface area contributed by atoms with Crippen molar-refractivity contribution in [2.24, 2.45) is 0 Å². The molecule has 0 saturated carbocycles. The van der Waals surface area contributed by atoms with Gasteiger partial charge in [-0.3, -0.25) is 4.79 Å². The Morgan fingerprint density at radius 3 is 2.81 bits per heavy atom. The third-order valence-corrected chi connectivity index (χ3v) is 5.01. The second-order valence-corrected chi connectivity index (χ2v) is 6.71. The van der Waals surface area contributed by atoms with E-state index < -0.39 is 0 Å². The van der Waals surface area contributed by atoms with Crippen molar-refractivity contribution < 1.29 is 4.79 Å². The largest absolute Gasteiger partial charge is 0.384 e. The highest BCUT2D eigenvalue weighted by Crippen LogP contribution is 2.23. The fourth-order valence-electron chi connectivity index (χ4n) is 1.97. The van der Waals surface area contributed by atoms with Crippen molar-refractivity contribution in [2.75, 3.05) is 11.9 Å². The molecular weight excluding hydrogens is 348 g/mol. The molecule has 0 atom stereocenters. The normalized spacial score (nSPS) is 10.4. The van der Waals surface area contributed by atoms with Crippen LogP contribution >= 0.6 is 27.3 Å². The second-order valence-electron chi connectivity index (χ2n) is 4.85. The zero-order chi connectivity index (χ0) is 15.2. The summed E-state index contributed by atoms with van der Waals surface area (Å²) in [5.41, 5.74) is 2.74. The number of benzene rings is 1. The molecule has 2 aromatic rings. The number of anilines is 1. The van der Waals surface area contributed by atoms with Crippen molar-refractivity contribution >= 4 is 38.9 Å². The summed E-state index contributed by atoms with van der Waals surface area (Å²) in [5, 5.41) is 8.31. The lowest BCUT2D eigenvalue weighted by atomic mass is 10.1. The highest BCUT2D eigenvalue weighted by molar-refractivity contribution is 9.10. The molecule has 0 bridgehead atoms. The first-order valence-electron chi connectivity index (χ1n) is 6.96. The summed E-state index contributed by atoms with van der Waals surface area (Å²) in [7, 11) is 0. The van der Waals surface area contributed by atoms with Gasteiger partial charge in [0.25, 0.3) is 5.91 Å². The van der Waals surface area contributed by atoms with Crippen LogP contribution in [0.25, 0.3) is 0 Å². The van der Waals surface area contributed by atoms with E-state index in [0.717, 1.165) is 33.6 Å². The maximum Gasteiger partial charge on any atom is 0.253 e. The number of carbonyl (C=O) groups excluding carboxylic acids is 1. The number of thiophene rings is 1. The third kappa shape index (κ3) is 4.32.